The van der Waals surface area contributed by atoms with E-state index in [1.807, 2.05) is 25.1 Å². The van der Waals surface area contributed by atoms with Crippen molar-refractivity contribution in [1.29, 1.82) is 0 Å². The molecule has 0 atom stereocenters. The summed E-state index contributed by atoms with van der Waals surface area (Å²) in [6.07, 6.45) is 1.72. The Bertz CT molecular complexity index is 810. The number of ether oxygens (including phenoxy) is 1. The number of benzene rings is 1. The lowest BCUT2D eigenvalue weighted by atomic mass is 10.3. The standard InChI is InChI=1S/C18H21Cl2N5O2/c1-23(2)14-10-17(22-21-11-14)24-5-7-25(8-6-24)18(26)12-27-16-4-3-13(19)9-15(16)20/h3-4,9-11H,5-8,12H2,1-2H3. The van der Waals surface area contributed by atoms with Gasteiger partial charge in [-0.15, -0.1) is 5.10 Å². The number of rotatable bonds is 5. The average molecular weight is 410 g/mol. The number of aromatic nitrogens is 2. The summed E-state index contributed by atoms with van der Waals surface area (Å²) in [5, 5.41) is 9.17. The molecule has 1 fully saturated rings. The van der Waals surface area contributed by atoms with E-state index in [4.69, 9.17) is 27.9 Å². The number of amides is 1. The van der Waals surface area contributed by atoms with E-state index in [1.165, 1.54) is 0 Å². The van der Waals surface area contributed by atoms with Gasteiger partial charge in [-0.3, -0.25) is 4.79 Å². The molecule has 0 aliphatic carbocycles. The zero-order valence-electron chi connectivity index (χ0n) is 15.2. The molecule has 0 N–H and O–H groups in total. The maximum atomic E-state index is 12.4. The van der Waals surface area contributed by atoms with E-state index < -0.39 is 0 Å². The van der Waals surface area contributed by atoms with Gasteiger partial charge in [-0.2, -0.15) is 5.10 Å². The molecule has 144 valence electrons. The van der Waals surface area contributed by atoms with Gasteiger partial charge in [0.05, 0.1) is 16.9 Å². The molecule has 0 spiro atoms. The topological polar surface area (TPSA) is 61.8 Å². The van der Waals surface area contributed by atoms with Gasteiger partial charge in [-0.05, 0) is 18.2 Å². The van der Waals surface area contributed by atoms with Crippen molar-refractivity contribution in [3.63, 3.8) is 0 Å². The van der Waals surface area contributed by atoms with Crippen molar-refractivity contribution in [1.82, 2.24) is 15.1 Å². The Labute approximate surface area is 168 Å². The van der Waals surface area contributed by atoms with Crippen LogP contribution in [0.2, 0.25) is 10.0 Å². The third-order valence-electron chi connectivity index (χ3n) is 4.35. The fourth-order valence-corrected chi connectivity index (χ4v) is 3.22. The number of carbonyl (C=O) groups excluding carboxylic acids is 1. The molecular formula is C18H21Cl2N5O2. The summed E-state index contributed by atoms with van der Waals surface area (Å²) in [6, 6.07) is 6.92. The van der Waals surface area contributed by atoms with Gasteiger partial charge in [0.2, 0.25) is 0 Å². The molecule has 1 aromatic carbocycles. The minimum absolute atomic E-state index is 0.0583. The number of anilines is 2. The highest BCUT2D eigenvalue weighted by Crippen LogP contribution is 2.27. The van der Waals surface area contributed by atoms with E-state index in [2.05, 4.69) is 15.1 Å². The molecule has 1 aliphatic heterocycles. The summed E-state index contributed by atoms with van der Waals surface area (Å²) < 4.78 is 5.54. The van der Waals surface area contributed by atoms with Gasteiger partial charge in [-0.1, -0.05) is 23.2 Å². The second-order valence-corrected chi connectivity index (χ2v) is 7.24. The quantitative estimate of drug-likeness (QED) is 0.755. The van der Waals surface area contributed by atoms with Crippen molar-refractivity contribution >= 4 is 40.6 Å². The van der Waals surface area contributed by atoms with Crippen LogP contribution < -0.4 is 14.5 Å². The smallest absolute Gasteiger partial charge is 0.260 e. The number of halogens is 2. The predicted octanol–water partition coefficient (Wildman–Crippen LogP) is 2.58. The summed E-state index contributed by atoms with van der Waals surface area (Å²) in [5.74, 6) is 1.19. The van der Waals surface area contributed by atoms with Crippen LogP contribution in [0.25, 0.3) is 0 Å². The highest BCUT2D eigenvalue weighted by molar-refractivity contribution is 6.35. The van der Waals surface area contributed by atoms with Crippen molar-refractivity contribution in [2.45, 2.75) is 0 Å². The van der Waals surface area contributed by atoms with Crippen molar-refractivity contribution in [3.8, 4) is 5.75 Å². The second kappa shape index (κ2) is 8.63. The first kappa shape index (κ1) is 19.5. The number of hydrogen-bond acceptors (Lipinski definition) is 6. The van der Waals surface area contributed by atoms with Crippen LogP contribution in [0.5, 0.6) is 5.75 Å². The zero-order chi connectivity index (χ0) is 19.4. The fourth-order valence-electron chi connectivity index (χ4n) is 2.75. The summed E-state index contributed by atoms with van der Waals surface area (Å²) in [7, 11) is 3.93. The monoisotopic (exact) mass is 409 g/mol. The molecule has 1 aromatic heterocycles. The molecule has 0 unspecified atom stereocenters. The molecule has 9 heteroatoms. The molecule has 0 bridgehead atoms. The molecule has 0 saturated carbocycles. The summed E-state index contributed by atoms with van der Waals surface area (Å²) in [5.41, 5.74) is 0.992. The maximum absolute atomic E-state index is 12.4. The Balaban J connectivity index is 1.52. The third kappa shape index (κ3) is 4.93. The minimum atomic E-state index is -0.0752. The Morgan fingerprint density at radius 2 is 1.93 bits per heavy atom. The van der Waals surface area contributed by atoms with Crippen LogP contribution >= 0.6 is 23.2 Å². The molecule has 1 saturated heterocycles. The molecule has 7 nitrogen and oxygen atoms in total. The molecule has 2 heterocycles. The largest absolute Gasteiger partial charge is 0.482 e. The van der Waals surface area contributed by atoms with Crippen LogP contribution in [0.4, 0.5) is 11.5 Å². The van der Waals surface area contributed by atoms with Crippen molar-refractivity contribution in [2.24, 2.45) is 0 Å². The highest BCUT2D eigenvalue weighted by Gasteiger charge is 2.23. The van der Waals surface area contributed by atoms with Crippen LogP contribution in [0.3, 0.4) is 0 Å². The van der Waals surface area contributed by atoms with Gasteiger partial charge in [-0.25, -0.2) is 0 Å². The first-order chi connectivity index (χ1) is 12.9. The number of hydrogen-bond donors (Lipinski definition) is 0. The van der Waals surface area contributed by atoms with Crippen molar-refractivity contribution < 1.29 is 9.53 Å². The van der Waals surface area contributed by atoms with Crippen molar-refractivity contribution in [3.05, 3.63) is 40.5 Å². The van der Waals surface area contributed by atoms with Crippen LogP contribution in [-0.2, 0) is 4.79 Å². The summed E-state index contributed by atoms with van der Waals surface area (Å²) in [4.78, 5) is 18.3. The molecule has 2 aromatic rings. The number of piperazine rings is 1. The molecule has 0 radical (unpaired) electrons. The van der Waals surface area contributed by atoms with Gasteiger partial charge >= 0.3 is 0 Å². The van der Waals surface area contributed by atoms with Gasteiger partial charge < -0.3 is 19.4 Å². The Kier molecular flexibility index (Phi) is 6.23. The minimum Gasteiger partial charge on any atom is -0.482 e. The molecule has 1 amide bonds. The van der Waals surface area contributed by atoms with Gasteiger partial charge in [0.1, 0.15) is 5.75 Å². The lowest BCUT2D eigenvalue weighted by molar-refractivity contribution is -0.133. The number of nitrogens with zero attached hydrogens (tertiary/aromatic N) is 5. The van der Waals surface area contributed by atoms with Gasteiger partial charge in [0.25, 0.3) is 5.91 Å². The Morgan fingerprint density at radius 3 is 2.59 bits per heavy atom. The highest BCUT2D eigenvalue weighted by atomic mass is 35.5. The first-order valence-electron chi connectivity index (χ1n) is 8.54. The van der Waals surface area contributed by atoms with E-state index >= 15 is 0 Å². The lowest BCUT2D eigenvalue weighted by Gasteiger charge is -2.35. The molecule has 3 rings (SSSR count). The van der Waals surface area contributed by atoms with Crippen LogP contribution in [0.15, 0.2) is 30.5 Å². The Morgan fingerprint density at radius 1 is 1.19 bits per heavy atom. The Hall–Kier alpha value is -2.25. The fraction of sp³-hybridized carbons (Fsp3) is 0.389. The summed E-state index contributed by atoms with van der Waals surface area (Å²) >= 11 is 11.9. The van der Waals surface area contributed by atoms with Crippen LogP contribution in [-0.4, -0.2) is 67.9 Å². The SMILES string of the molecule is CN(C)c1cnnc(N2CCN(C(=O)COc3ccc(Cl)cc3Cl)CC2)c1. The molecular weight excluding hydrogens is 389 g/mol. The average Bonchev–Trinajstić information content (AvgIpc) is 2.67. The molecule has 27 heavy (non-hydrogen) atoms. The number of carbonyl (C=O) groups is 1. The van der Waals surface area contributed by atoms with Gasteiger partial charge in [0, 0.05) is 51.4 Å². The summed E-state index contributed by atoms with van der Waals surface area (Å²) in [6.45, 7) is 2.53. The van der Waals surface area contributed by atoms with Crippen molar-refractivity contribution in [2.75, 3.05) is 56.7 Å². The maximum Gasteiger partial charge on any atom is 0.260 e. The van der Waals surface area contributed by atoms with E-state index in [1.54, 1.807) is 29.3 Å². The van der Waals surface area contributed by atoms with Crippen LogP contribution in [0.1, 0.15) is 0 Å². The second-order valence-electron chi connectivity index (χ2n) is 6.40. The van der Waals surface area contributed by atoms with E-state index in [9.17, 15) is 4.79 Å². The van der Waals surface area contributed by atoms with E-state index in [0.717, 1.165) is 11.5 Å². The lowest BCUT2D eigenvalue weighted by Crippen LogP contribution is -2.50. The van der Waals surface area contributed by atoms with Crippen LogP contribution in [0, 0.1) is 0 Å². The van der Waals surface area contributed by atoms with E-state index in [-0.39, 0.29) is 12.5 Å². The first-order valence-corrected chi connectivity index (χ1v) is 9.30. The van der Waals surface area contributed by atoms with Gasteiger partial charge in [0.15, 0.2) is 12.4 Å². The third-order valence-corrected chi connectivity index (χ3v) is 4.88. The molecule has 1 aliphatic rings. The predicted molar refractivity (Wildman–Crippen MR) is 107 cm³/mol. The van der Waals surface area contributed by atoms with E-state index in [0.29, 0.717) is 42.0 Å². The normalized spacial score (nSPS) is 14.2. The zero-order valence-corrected chi connectivity index (χ0v) is 16.7.